The molecule has 0 saturated heterocycles. The van der Waals surface area contributed by atoms with E-state index in [1.54, 1.807) is 0 Å². The van der Waals surface area contributed by atoms with Crippen molar-refractivity contribution in [2.24, 2.45) is 0 Å². The molecule has 0 aliphatic rings. The van der Waals surface area contributed by atoms with Crippen molar-refractivity contribution in [1.29, 1.82) is 0 Å². The van der Waals surface area contributed by atoms with Gasteiger partial charge in [0.2, 0.25) is 0 Å². The van der Waals surface area contributed by atoms with Crippen molar-refractivity contribution >= 4 is 5.91 Å². The molecular formula is C17H28N2O. The summed E-state index contributed by atoms with van der Waals surface area (Å²) in [6.45, 7) is 13.4. The van der Waals surface area contributed by atoms with Crippen LogP contribution in [0.4, 0.5) is 0 Å². The summed E-state index contributed by atoms with van der Waals surface area (Å²) in [4.78, 5) is 14.4. The molecule has 1 N–H and O–H groups in total. The number of amides is 1. The van der Waals surface area contributed by atoms with Gasteiger partial charge >= 0.3 is 0 Å². The Morgan fingerprint density at radius 2 is 1.75 bits per heavy atom. The third kappa shape index (κ3) is 4.97. The summed E-state index contributed by atoms with van der Waals surface area (Å²) < 4.78 is 0. The van der Waals surface area contributed by atoms with Crippen molar-refractivity contribution in [3.63, 3.8) is 0 Å². The summed E-state index contributed by atoms with van der Waals surface area (Å²) in [6, 6.07) is 8.40. The third-order valence-electron chi connectivity index (χ3n) is 3.66. The number of hydrogen-bond donors (Lipinski definition) is 1. The van der Waals surface area contributed by atoms with Gasteiger partial charge in [0, 0.05) is 24.7 Å². The number of nitrogens with one attached hydrogen (secondary N) is 1. The SMILES string of the molecule is CCN(CCNC(=O)c1ccc(C(C)C)cc1)C(C)C. The Hall–Kier alpha value is -1.35. The van der Waals surface area contributed by atoms with Gasteiger partial charge < -0.3 is 5.32 Å². The Kier molecular flexibility index (Phi) is 6.73. The molecule has 20 heavy (non-hydrogen) atoms. The first-order valence-corrected chi connectivity index (χ1v) is 7.57. The summed E-state index contributed by atoms with van der Waals surface area (Å²) in [5.41, 5.74) is 2.00. The minimum absolute atomic E-state index is 0.0140. The number of nitrogens with zero attached hydrogens (tertiary/aromatic N) is 1. The van der Waals surface area contributed by atoms with Crippen LogP contribution in [0.5, 0.6) is 0 Å². The highest BCUT2D eigenvalue weighted by atomic mass is 16.1. The second kappa shape index (κ2) is 8.05. The standard InChI is InChI=1S/C17H28N2O/c1-6-19(14(4)5)12-11-18-17(20)16-9-7-15(8-10-16)13(2)3/h7-10,13-14H,6,11-12H2,1-5H3,(H,18,20). The van der Waals surface area contributed by atoms with Gasteiger partial charge in [0.15, 0.2) is 0 Å². The van der Waals surface area contributed by atoms with E-state index in [0.29, 0.717) is 18.5 Å². The number of rotatable bonds is 7. The van der Waals surface area contributed by atoms with Crippen molar-refractivity contribution in [1.82, 2.24) is 10.2 Å². The molecule has 1 amide bonds. The highest BCUT2D eigenvalue weighted by Gasteiger charge is 2.09. The average molecular weight is 276 g/mol. The zero-order chi connectivity index (χ0) is 15.1. The first-order chi connectivity index (χ1) is 9.45. The van der Waals surface area contributed by atoms with E-state index in [1.807, 2.05) is 24.3 Å². The molecule has 3 nitrogen and oxygen atoms in total. The van der Waals surface area contributed by atoms with E-state index in [-0.39, 0.29) is 5.91 Å². The Balaban J connectivity index is 2.46. The summed E-state index contributed by atoms with van der Waals surface area (Å²) in [5.74, 6) is 0.511. The lowest BCUT2D eigenvalue weighted by Crippen LogP contribution is -2.38. The molecule has 0 bridgehead atoms. The number of likely N-dealkylation sites (N-methyl/N-ethyl adjacent to an activating group) is 1. The van der Waals surface area contributed by atoms with Crippen molar-refractivity contribution in [2.45, 2.75) is 46.6 Å². The van der Waals surface area contributed by atoms with Gasteiger partial charge in [-0.05, 0) is 44.0 Å². The average Bonchev–Trinajstić information content (AvgIpc) is 2.43. The molecule has 0 radical (unpaired) electrons. The van der Waals surface area contributed by atoms with Gasteiger partial charge in [0.1, 0.15) is 0 Å². The second-order valence-electron chi connectivity index (χ2n) is 5.75. The fourth-order valence-electron chi connectivity index (χ4n) is 2.22. The lowest BCUT2D eigenvalue weighted by atomic mass is 10.0. The van der Waals surface area contributed by atoms with Crippen molar-refractivity contribution in [3.8, 4) is 0 Å². The molecule has 112 valence electrons. The Morgan fingerprint density at radius 1 is 1.15 bits per heavy atom. The van der Waals surface area contributed by atoms with Crippen LogP contribution in [0.15, 0.2) is 24.3 Å². The Bertz CT molecular complexity index is 410. The molecule has 1 rings (SSSR count). The lowest BCUT2D eigenvalue weighted by Gasteiger charge is -2.24. The van der Waals surface area contributed by atoms with Crippen molar-refractivity contribution in [3.05, 3.63) is 35.4 Å². The summed E-state index contributed by atoms with van der Waals surface area (Å²) in [7, 11) is 0. The molecule has 0 fully saturated rings. The van der Waals surface area contributed by atoms with Gasteiger partial charge in [-0.3, -0.25) is 9.69 Å². The molecule has 3 heteroatoms. The van der Waals surface area contributed by atoms with Gasteiger partial charge in [-0.25, -0.2) is 0 Å². The minimum Gasteiger partial charge on any atom is -0.351 e. The lowest BCUT2D eigenvalue weighted by molar-refractivity contribution is 0.0946. The largest absolute Gasteiger partial charge is 0.351 e. The molecule has 0 unspecified atom stereocenters. The van der Waals surface area contributed by atoms with Crippen LogP contribution in [0.1, 0.15) is 56.5 Å². The quantitative estimate of drug-likeness (QED) is 0.829. The van der Waals surface area contributed by atoms with Crippen LogP contribution >= 0.6 is 0 Å². The number of benzene rings is 1. The van der Waals surface area contributed by atoms with Gasteiger partial charge in [0.05, 0.1) is 0 Å². The van der Waals surface area contributed by atoms with Crippen LogP contribution in [-0.2, 0) is 0 Å². The molecular weight excluding hydrogens is 248 g/mol. The maximum atomic E-state index is 12.0. The highest BCUT2D eigenvalue weighted by molar-refractivity contribution is 5.94. The first-order valence-electron chi connectivity index (χ1n) is 7.57. The Labute approximate surface area is 123 Å². The van der Waals surface area contributed by atoms with Crippen LogP contribution in [-0.4, -0.2) is 36.5 Å². The molecule has 0 spiro atoms. The predicted octanol–water partition coefficient (Wildman–Crippen LogP) is 3.27. The molecule has 1 aromatic rings. The van der Waals surface area contributed by atoms with Crippen LogP contribution in [0.25, 0.3) is 0 Å². The van der Waals surface area contributed by atoms with Gasteiger partial charge in [-0.1, -0.05) is 32.9 Å². The minimum atomic E-state index is 0.0140. The topological polar surface area (TPSA) is 32.3 Å². The molecule has 0 saturated carbocycles. The van der Waals surface area contributed by atoms with Gasteiger partial charge in [-0.15, -0.1) is 0 Å². The van der Waals surface area contributed by atoms with Crippen LogP contribution in [0.3, 0.4) is 0 Å². The fraction of sp³-hybridized carbons (Fsp3) is 0.588. The zero-order valence-electron chi connectivity index (χ0n) is 13.4. The molecule has 0 aliphatic heterocycles. The van der Waals surface area contributed by atoms with E-state index >= 15 is 0 Å². The predicted molar refractivity (Wildman–Crippen MR) is 85.2 cm³/mol. The van der Waals surface area contributed by atoms with E-state index in [1.165, 1.54) is 5.56 Å². The smallest absolute Gasteiger partial charge is 0.251 e. The summed E-state index contributed by atoms with van der Waals surface area (Å²) in [5, 5.41) is 2.99. The monoisotopic (exact) mass is 276 g/mol. The molecule has 0 aromatic heterocycles. The van der Waals surface area contributed by atoms with E-state index in [4.69, 9.17) is 0 Å². The number of carbonyl (C=O) groups excluding carboxylic acids is 1. The maximum Gasteiger partial charge on any atom is 0.251 e. The fourth-order valence-corrected chi connectivity index (χ4v) is 2.22. The second-order valence-corrected chi connectivity index (χ2v) is 5.75. The molecule has 0 aliphatic carbocycles. The molecule has 0 atom stereocenters. The van der Waals surface area contributed by atoms with Crippen LogP contribution in [0, 0.1) is 0 Å². The first kappa shape index (κ1) is 16.7. The van der Waals surface area contributed by atoms with E-state index < -0.39 is 0 Å². The Morgan fingerprint density at radius 3 is 2.20 bits per heavy atom. The van der Waals surface area contributed by atoms with Crippen molar-refractivity contribution < 1.29 is 4.79 Å². The van der Waals surface area contributed by atoms with E-state index in [0.717, 1.165) is 18.7 Å². The van der Waals surface area contributed by atoms with Gasteiger partial charge in [0.25, 0.3) is 5.91 Å². The number of hydrogen-bond acceptors (Lipinski definition) is 2. The van der Waals surface area contributed by atoms with Crippen molar-refractivity contribution in [2.75, 3.05) is 19.6 Å². The number of carbonyl (C=O) groups is 1. The normalized spacial score (nSPS) is 11.4. The van der Waals surface area contributed by atoms with Crippen LogP contribution in [0.2, 0.25) is 0 Å². The molecule has 0 heterocycles. The molecule has 1 aromatic carbocycles. The zero-order valence-corrected chi connectivity index (χ0v) is 13.4. The van der Waals surface area contributed by atoms with E-state index in [9.17, 15) is 4.79 Å². The summed E-state index contributed by atoms with van der Waals surface area (Å²) in [6.07, 6.45) is 0. The van der Waals surface area contributed by atoms with E-state index in [2.05, 4.69) is 44.8 Å². The highest BCUT2D eigenvalue weighted by Crippen LogP contribution is 2.14. The van der Waals surface area contributed by atoms with Gasteiger partial charge in [-0.2, -0.15) is 0 Å². The maximum absolute atomic E-state index is 12.0. The summed E-state index contributed by atoms with van der Waals surface area (Å²) >= 11 is 0. The third-order valence-corrected chi connectivity index (χ3v) is 3.66. The van der Waals surface area contributed by atoms with Crippen LogP contribution < -0.4 is 5.32 Å².